The number of carbonyl (C=O) groups is 1. The first-order valence-electron chi connectivity index (χ1n) is 10.1. The smallest absolute Gasteiger partial charge is 0.261 e. The highest BCUT2D eigenvalue weighted by atomic mass is 16.2. The summed E-state index contributed by atoms with van der Waals surface area (Å²) in [5.41, 5.74) is 3.42. The zero-order chi connectivity index (χ0) is 19.5. The minimum atomic E-state index is -0.300. The van der Waals surface area contributed by atoms with Crippen molar-refractivity contribution in [1.29, 1.82) is 0 Å². The van der Waals surface area contributed by atoms with Crippen LogP contribution in [0.3, 0.4) is 0 Å². The molecule has 2 heterocycles. The topological polar surface area (TPSA) is 53.2 Å². The van der Waals surface area contributed by atoms with E-state index in [1.54, 1.807) is 6.07 Å². The Labute approximate surface area is 165 Å². The van der Waals surface area contributed by atoms with E-state index in [0.29, 0.717) is 5.92 Å². The van der Waals surface area contributed by atoms with Gasteiger partial charge in [-0.3, -0.25) is 9.59 Å². The van der Waals surface area contributed by atoms with Crippen molar-refractivity contribution in [3.05, 3.63) is 81.6 Å². The molecular weight excluding hydrogens is 348 g/mol. The quantitative estimate of drug-likeness (QED) is 0.739. The number of likely N-dealkylation sites (tertiary alicyclic amines) is 1. The number of aryl methyl sites for hydroxylation is 2. The number of carbonyl (C=O) groups excluding carboxylic acids is 1. The van der Waals surface area contributed by atoms with Crippen molar-refractivity contribution < 1.29 is 4.79 Å². The van der Waals surface area contributed by atoms with E-state index < -0.39 is 0 Å². The van der Waals surface area contributed by atoms with Crippen LogP contribution in [0, 0.1) is 12.8 Å². The molecule has 0 aliphatic carbocycles. The number of H-pyrrole nitrogens is 1. The minimum absolute atomic E-state index is 0.146. The summed E-state index contributed by atoms with van der Waals surface area (Å²) in [4.78, 5) is 30.2. The zero-order valence-corrected chi connectivity index (χ0v) is 16.3. The molecule has 1 atom stereocenters. The fourth-order valence-corrected chi connectivity index (χ4v) is 4.21. The second-order valence-electron chi connectivity index (χ2n) is 7.82. The summed E-state index contributed by atoms with van der Waals surface area (Å²) in [6.45, 7) is 3.61. The third-order valence-corrected chi connectivity index (χ3v) is 5.87. The monoisotopic (exact) mass is 374 g/mol. The van der Waals surface area contributed by atoms with Gasteiger partial charge in [0.05, 0.1) is 0 Å². The molecule has 0 bridgehead atoms. The lowest BCUT2D eigenvalue weighted by atomic mass is 9.90. The molecule has 4 heteroatoms. The maximum Gasteiger partial charge on any atom is 0.261 e. The Balaban J connectivity index is 1.47. The maximum absolute atomic E-state index is 13.0. The van der Waals surface area contributed by atoms with E-state index in [-0.39, 0.29) is 17.0 Å². The van der Waals surface area contributed by atoms with Crippen molar-refractivity contribution >= 4 is 16.8 Å². The SMILES string of the molecule is Cc1ccccc1CCC1CCCN(C(=O)c2cc3ccccc3[nH]c2=O)C1. The molecule has 4 rings (SSSR count). The van der Waals surface area contributed by atoms with E-state index >= 15 is 0 Å². The lowest BCUT2D eigenvalue weighted by molar-refractivity contribution is 0.0666. The van der Waals surface area contributed by atoms with E-state index in [1.165, 1.54) is 11.1 Å². The molecule has 0 spiro atoms. The highest BCUT2D eigenvalue weighted by molar-refractivity contribution is 5.97. The lowest BCUT2D eigenvalue weighted by Gasteiger charge is -2.33. The number of pyridine rings is 1. The summed E-state index contributed by atoms with van der Waals surface area (Å²) >= 11 is 0. The molecule has 1 aliphatic rings. The average Bonchev–Trinajstić information content (AvgIpc) is 2.72. The summed E-state index contributed by atoms with van der Waals surface area (Å²) in [7, 11) is 0. The number of nitrogens with zero attached hydrogens (tertiary/aromatic N) is 1. The Hall–Kier alpha value is -2.88. The van der Waals surface area contributed by atoms with Crippen LogP contribution in [0.2, 0.25) is 0 Å². The molecule has 4 nitrogen and oxygen atoms in total. The lowest BCUT2D eigenvalue weighted by Crippen LogP contribution is -2.42. The molecule has 1 amide bonds. The summed E-state index contributed by atoms with van der Waals surface area (Å²) in [5, 5.41) is 0.888. The fraction of sp³-hybridized carbons (Fsp3) is 0.333. The van der Waals surface area contributed by atoms with Crippen LogP contribution in [0.4, 0.5) is 0 Å². The number of piperidine rings is 1. The van der Waals surface area contributed by atoms with Gasteiger partial charge in [-0.05, 0) is 67.2 Å². The molecule has 28 heavy (non-hydrogen) atoms. The highest BCUT2D eigenvalue weighted by Gasteiger charge is 2.26. The molecule has 144 valence electrons. The predicted molar refractivity (Wildman–Crippen MR) is 113 cm³/mol. The first-order chi connectivity index (χ1) is 13.6. The van der Waals surface area contributed by atoms with Gasteiger partial charge in [-0.1, -0.05) is 42.5 Å². The van der Waals surface area contributed by atoms with E-state index in [2.05, 4.69) is 36.2 Å². The molecule has 2 aromatic carbocycles. The Bertz CT molecular complexity index is 1050. The van der Waals surface area contributed by atoms with Gasteiger partial charge in [0.25, 0.3) is 11.5 Å². The molecule has 1 N–H and O–H groups in total. The number of fused-ring (bicyclic) bond motifs is 1. The number of amides is 1. The molecule has 1 unspecified atom stereocenters. The maximum atomic E-state index is 13.0. The van der Waals surface area contributed by atoms with Crippen LogP contribution in [0.5, 0.6) is 0 Å². The molecule has 0 saturated carbocycles. The van der Waals surface area contributed by atoms with Gasteiger partial charge in [0.15, 0.2) is 0 Å². The zero-order valence-electron chi connectivity index (χ0n) is 16.3. The summed E-state index contributed by atoms with van der Waals surface area (Å²) in [5.74, 6) is 0.337. The van der Waals surface area contributed by atoms with Gasteiger partial charge in [-0.2, -0.15) is 0 Å². The van der Waals surface area contributed by atoms with E-state index in [4.69, 9.17) is 0 Å². The van der Waals surface area contributed by atoms with Crippen molar-refractivity contribution in [2.24, 2.45) is 5.92 Å². The summed E-state index contributed by atoms with van der Waals surface area (Å²) < 4.78 is 0. The Kier molecular flexibility index (Phi) is 5.29. The minimum Gasteiger partial charge on any atom is -0.338 e. The summed E-state index contributed by atoms with van der Waals surface area (Å²) in [6.07, 6.45) is 4.25. The van der Waals surface area contributed by atoms with Gasteiger partial charge in [0.2, 0.25) is 0 Å². The van der Waals surface area contributed by atoms with Gasteiger partial charge in [0, 0.05) is 18.6 Å². The standard InChI is InChI=1S/C24H26N2O2/c1-17-7-2-3-9-19(17)13-12-18-8-6-14-26(16-18)24(28)21-15-20-10-4-5-11-22(20)25-23(21)27/h2-5,7,9-11,15,18H,6,8,12-14,16H2,1H3,(H,25,27). The van der Waals surface area contributed by atoms with Crippen LogP contribution >= 0.6 is 0 Å². The van der Waals surface area contributed by atoms with Gasteiger partial charge >= 0.3 is 0 Å². The molecule has 1 aromatic heterocycles. The largest absolute Gasteiger partial charge is 0.338 e. The Morgan fingerprint density at radius 3 is 2.79 bits per heavy atom. The number of hydrogen-bond donors (Lipinski definition) is 1. The molecule has 1 fully saturated rings. The van der Waals surface area contributed by atoms with Crippen LogP contribution in [0.15, 0.2) is 59.4 Å². The first kappa shape index (κ1) is 18.5. The second-order valence-corrected chi connectivity index (χ2v) is 7.82. The predicted octanol–water partition coefficient (Wildman–Crippen LogP) is 4.32. The van der Waals surface area contributed by atoms with E-state index in [1.807, 2.05) is 29.2 Å². The molecule has 1 aliphatic heterocycles. The number of para-hydroxylation sites is 1. The van der Waals surface area contributed by atoms with Crippen molar-refractivity contribution in [3.8, 4) is 0 Å². The first-order valence-corrected chi connectivity index (χ1v) is 10.1. The third kappa shape index (κ3) is 3.86. The van der Waals surface area contributed by atoms with Crippen LogP contribution in [0.1, 0.15) is 40.7 Å². The fourth-order valence-electron chi connectivity index (χ4n) is 4.21. The Morgan fingerprint density at radius 2 is 1.93 bits per heavy atom. The number of nitrogens with one attached hydrogen (secondary N) is 1. The van der Waals surface area contributed by atoms with Crippen LogP contribution in [0.25, 0.3) is 10.9 Å². The van der Waals surface area contributed by atoms with Gasteiger partial charge in [0.1, 0.15) is 5.56 Å². The molecule has 0 radical (unpaired) electrons. The number of hydrogen-bond acceptors (Lipinski definition) is 2. The van der Waals surface area contributed by atoms with Crippen LogP contribution < -0.4 is 5.56 Å². The number of aromatic amines is 1. The molecule has 3 aromatic rings. The van der Waals surface area contributed by atoms with Crippen molar-refractivity contribution in [3.63, 3.8) is 0 Å². The number of benzene rings is 2. The highest BCUT2D eigenvalue weighted by Crippen LogP contribution is 2.24. The van der Waals surface area contributed by atoms with Gasteiger partial charge in [-0.15, -0.1) is 0 Å². The number of aromatic nitrogens is 1. The van der Waals surface area contributed by atoms with Crippen molar-refractivity contribution in [1.82, 2.24) is 9.88 Å². The normalized spacial score (nSPS) is 17.0. The van der Waals surface area contributed by atoms with Crippen molar-refractivity contribution in [2.75, 3.05) is 13.1 Å². The van der Waals surface area contributed by atoms with E-state index in [9.17, 15) is 9.59 Å². The molecule has 1 saturated heterocycles. The van der Waals surface area contributed by atoms with Crippen LogP contribution in [-0.2, 0) is 6.42 Å². The number of rotatable bonds is 4. The second kappa shape index (κ2) is 8.01. The third-order valence-electron chi connectivity index (χ3n) is 5.87. The average molecular weight is 374 g/mol. The summed E-state index contributed by atoms with van der Waals surface area (Å²) in [6, 6.07) is 17.8. The van der Waals surface area contributed by atoms with Gasteiger partial charge < -0.3 is 9.88 Å². The molecular formula is C24H26N2O2. The Morgan fingerprint density at radius 1 is 1.14 bits per heavy atom. The van der Waals surface area contributed by atoms with Crippen molar-refractivity contribution in [2.45, 2.75) is 32.6 Å². The van der Waals surface area contributed by atoms with Gasteiger partial charge in [-0.25, -0.2) is 0 Å². The van der Waals surface area contributed by atoms with E-state index in [0.717, 1.165) is 49.7 Å². The van der Waals surface area contributed by atoms with Crippen LogP contribution in [-0.4, -0.2) is 28.9 Å².